The Morgan fingerprint density at radius 1 is 0.781 bits per heavy atom. The number of alkyl halides is 13. The molecule has 0 saturated carbocycles. The summed E-state index contributed by atoms with van der Waals surface area (Å²) in [7, 11) is 0. The molecule has 5 nitrogen and oxygen atoms in total. The van der Waals surface area contributed by atoms with Crippen LogP contribution < -0.4 is 5.43 Å². The number of rotatable bonds is 7. The highest BCUT2D eigenvalue weighted by Gasteiger charge is 2.91. The monoisotopic (exact) mass is 498 g/mol. The molecule has 3 N–H and O–H groups in total. The minimum atomic E-state index is -8.13. The summed E-state index contributed by atoms with van der Waals surface area (Å²) in [4.78, 5) is 11.1. The number of phenols is 2. The van der Waals surface area contributed by atoms with Crippen molar-refractivity contribution in [1.82, 2.24) is 5.43 Å². The highest BCUT2D eigenvalue weighted by molar-refractivity contribution is 5.88. The van der Waals surface area contributed by atoms with Gasteiger partial charge in [0, 0.05) is 11.6 Å². The van der Waals surface area contributed by atoms with Crippen LogP contribution >= 0.6 is 0 Å². The van der Waals surface area contributed by atoms with Crippen LogP contribution in [0.1, 0.15) is 5.56 Å². The molecule has 0 radical (unpaired) electrons. The maximum absolute atomic E-state index is 13.5. The van der Waals surface area contributed by atoms with Gasteiger partial charge in [0.15, 0.2) is 0 Å². The predicted molar refractivity (Wildman–Crippen MR) is 76.3 cm³/mol. The Labute approximate surface area is 167 Å². The fraction of sp³-hybridized carbons (Fsp3) is 0.429. The van der Waals surface area contributed by atoms with E-state index in [2.05, 4.69) is 5.10 Å². The highest BCUT2D eigenvalue weighted by Crippen LogP contribution is 2.60. The van der Waals surface area contributed by atoms with E-state index >= 15 is 0 Å². The summed E-state index contributed by atoms with van der Waals surface area (Å²) < 4.78 is 168. The van der Waals surface area contributed by atoms with E-state index < -0.39 is 58.8 Å². The van der Waals surface area contributed by atoms with Crippen LogP contribution in [0.2, 0.25) is 0 Å². The van der Waals surface area contributed by atoms with Gasteiger partial charge in [-0.3, -0.25) is 4.79 Å². The van der Waals surface area contributed by atoms with Crippen LogP contribution in [0, 0.1) is 0 Å². The van der Waals surface area contributed by atoms with Crippen molar-refractivity contribution in [2.45, 2.75) is 35.8 Å². The van der Waals surface area contributed by atoms with Gasteiger partial charge in [-0.25, -0.2) is 5.43 Å². The number of nitrogens with zero attached hydrogens (tertiary/aromatic N) is 1. The van der Waals surface area contributed by atoms with E-state index in [1.807, 2.05) is 0 Å². The first-order valence-corrected chi connectivity index (χ1v) is 7.37. The molecule has 0 aliphatic rings. The highest BCUT2D eigenvalue weighted by atomic mass is 19.4. The van der Waals surface area contributed by atoms with Gasteiger partial charge < -0.3 is 10.2 Å². The number of aromatic hydroxyl groups is 2. The second-order valence-corrected chi connectivity index (χ2v) is 5.81. The summed E-state index contributed by atoms with van der Waals surface area (Å²) in [5.74, 6) is -44.0. The quantitative estimate of drug-likeness (QED) is 0.298. The first-order valence-electron chi connectivity index (χ1n) is 7.37. The van der Waals surface area contributed by atoms with E-state index in [1.165, 1.54) is 0 Å². The number of hydrogen-bond acceptors (Lipinski definition) is 4. The molecule has 0 bridgehead atoms. The zero-order chi connectivity index (χ0) is 25.6. The minimum Gasteiger partial charge on any atom is -0.508 e. The molecule has 0 spiro atoms. The van der Waals surface area contributed by atoms with E-state index in [1.54, 1.807) is 0 Å². The van der Waals surface area contributed by atoms with Crippen molar-refractivity contribution in [2.24, 2.45) is 5.10 Å². The second-order valence-electron chi connectivity index (χ2n) is 5.81. The van der Waals surface area contributed by atoms with Gasteiger partial charge in [0.25, 0.3) is 0 Å². The third-order valence-corrected chi connectivity index (χ3v) is 3.60. The topological polar surface area (TPSA) is 81.9 Å². The molecule has 0 unspecified atom stereocenters. The van der Waals surface area contributed by atoms with Crippen LogP contribution in [0.25, 0.3) is 0 Å². The van der Waals surface area contributed by atoms with Crippen molar-refractivity contribution in [1.29, 1.82) is 0 Å². The number of carbonyl (C=O) groups is 1. The molecule has 0 atom stereocenters. The molecule has 1 aromatic rings. The Bertz CT molecular complexity index is 896. The van der Waals surface area contributed by atoms with Crippen LogP contribution in [-0.4, -0.2) is 58.1 Å². The number of carbonyl (C=O) groups excluding carboxylic acids is 1. The lowest BCUT2D eigenvalue weighted by Crippen LogP contribution is -2.71. The Morgan fingerprint density at radius 2 is 1.25 bits per heavy atom. The van der Waals surface area contributed by atoms with Gasteiger partial charge in [-0.15, -0.1) is 0 Å². The smallest absolute Gasteiger partial charge is 0.460 e. The lowest BCUT2D eigenvalue weighted by atomic mass is 9.93. The number of phenolic OH excluding ortho intramolecular Hbond substituents is 2. The average Bonchev–Trinajstić information content (AvgIpc) is 2.61. The molecule has 0 heterocycles. The van der Waals surface area contributed by atoms with Crippen LogP contribution in [-0.2, 0) is 4.79 Å². The molecule has 0 fully saturated rings. The zero-order valence-electron chi connectivity index (χ0n) is 14.5. The fourth-order valence-electron chi connectivity index (χ4n) is 1.78. The molecule has 182 valence electrons. The standard InChI is InChI=1S/C14H7F13N2O3/c15-9(16,8(32)29-28-4-5-1-2-6(30)3-7(5)31)10(17,18)11(19,20)12(21,22)13(23,24)14(25,26)27/h1-4,30-31H,(H,29,32). The number of halogens is 13. The van der Waals surface area contributed by atoms with Crippen molar-refractivity contribution in [2.75, 3.05) is 0 Å². The molecular weight excluding hydrogens is 491 g/mol. The Hall–Kier alpha value is -2.95. The Morgan fingerprint density at radius 3 is 1.69 bits per heavy atom. The van der Waals surface area contributed by atoms with Gasteiger partial charge in [-0.2, -0.15) is 62.2 Å². The molecular formula is C14H7F13N2O3. The first kappa shape index (κ1) is 27.1. The molecule has 0 aliphatic heterocycles. The zero-order valence-corrected chi connectivity index (χ0v) is 14.5. The Balaban J connectivity index is 3.26. The van der Waals surface area contributed by atoms with Crippen LogP contribution in [0.4, 0.5) is 57.1 Å². The van der Waals surface area contributed by atoms with E-state index in [0.29, 0.717) is 11.5 Å². The van der Waals surface area contributed by atoms with Crippen LogP contribution in [0.5, 0.6) is 11.5 Å². The molecule has 0 aromatic heterocycles. The average molecular weight is 498 g/mol. The summed E-state index contributed by atoms with van der Waals surface area (Å²) in [6.45, 7) is 0. The maximum atomic E-state index is 13.5. The molecule has 1 aromatic carbocycles. The van der Waals surface area contributed by atoms with Crippen molar-refractivity contribution in [3.05, 3.63) is 23.8 Å². The van der Waals surface area contributed by atoms with E-state index in [-0.39, 0.29) is 6.21 Å². The summed E-state index contributed by atoms with van der Waals surface area (Å²) in [5.41, 5.74) is -0.0632. The largest absolute Gasteiger partial charge is 0.508 e. The van der Waals surface area contributed by atoms with Gasteiger partial charge in [-0.1, -0.05) is 0 Å². The van der Waals surface area contributed by atoms with Crippen molar-refractivity contribution >= 4 is 12.1 Å². The number of benzene rings is 1. The van der Waals surface area contributed by atoms with Gasteiger partial charge in [0.05, 0.1) is 6.21 Å². The van der Waals surface area contributed by atoms with Crippen molar-refractivity contribution in [3.63, 3.8) is 0 Å². The number of hydrazone groups is 1. The number of hydrogen-bond donors (Lipinski definition) is 3. The lowest BCUT2D eigenvalue weighted by molar-refractivity contribution is -0.436. The molecule has 1 amide bonds. The van der Waals surface area contributed by atoms with E-state index in [4.69, 9.17) is 5.11 Å². The van der Waals surface area contributed by atoms with Gasteiger partial charge in [0.2, 0.25) is 0 Å². The normalized spacial score (nSPS) is 14.7. The number of nitrogens with one attached hydrogen (secondary N) is 1. The lowest BCUT2D eigenvalue weighted by Gasteiger charge is -2.38. The van der Waals surface area contributed by atoms with E-state index in [0.717, 1.165) is 12.1 Å². The number of amides is 1. The third kappa shape index (κ3) is 4.08. The Kier molecular flexibility index (Phi) is 6.67. The molecule has 1 rings (SSSR count). The molecule has 0 aliphatic carbocycles. The van der Waals surface area contributed by atoms with Gasteiger partial charge >= 0.3 is 41.7 Å². The van der Waals surface area contributed by atoms with Crippen LogP contribution in [0.3, 0.4) is 0 Å². The van der Waals surface area contributed by atoms with Gasteiger partial charge in [-0.05, 0) is 12.1 Å². The fourth-order valence-corrected chi connectivity index (χ4v) is 1.78. The van der Waals surface area contributed by atoms with Crippen molar-refractivity contribution < 1.29 is 72.1 Å². The summed E-state index contributed by atoms with van der Waals surface area (Å²) in [6, 6.07) is 2.26. The van der Waals surface area contributed by atoms with E-state index in [9.17, 15) is 67.0 Å². The molecule has 32 heavy (non-hydrogen) atoms. The van der Waals surface area contributed by atoms with Crippen LogP contribution in [0.15, 0.2) is 23.3 Å². The second kappa shape index (κ2) is 7.88. The summed E-state index contributed by atoms with van der Waals surface area (Å²) in [5, 5.41) is 20.8. The SMILES string of the molecule is O=C(NN=Cc1ccc(O)cc1O)C(F)(F)C(F)(F)C(F)(F)C(F)(F)C(F)(F)C(F)(F)F. The minimum absolute atomic E-state index is 0.200. The van der Waals surface area contributed by atoms with Gasteiger partial charge in [0.1, 0.15) is 11.5 Å². The summed E-state index contributed by atoms with van der Waals surface area (Å²) in [6.07, 6.45) is -7.37. The molecule has 18 heteroatoms. The predicted octanol–water partition coefficient (Wildman–Crippen LogP) is 4.29. The summed E-state index contributed by atoms with van der Waals surface area (Å²) >= 11 is 0. The molecule has 0 saturated heterocycles. The van der Waals surface area contributed by atoms with Crippen molar-refractivity contribution in [3.8, 4) is 11.5 Å². The first-order chi connectivity index (χ1) is 14.1. The maximum Gasteiger partial charge on any atom is 0.460 e. The third-order valence-electron chi connectivity index (χ3n) is 3.60.